The number of carbonyl (C=O) groups excluding carboxylic acids is 1. The molecule has 0 heterocycles. The van der Waals surface area contributed by atoms with Crippen molar-refractivity contribution in [3.8, 4) is 23.7 Å². The van der Waals surface area contributed by atoms with Gasteiger partial charge >= 0.3 is 5.97 Å². The van der Waals surface area contributed by atoms with E-state index in [1.54, 1.807) is 0 Å². The predicted molar refractivity (Wildman–Crippen MR) is 104 cm³/mol. The smallest absolute Gasteiger partial charge is 0.312 e. The van der Waals surface area contributed by atoms with Crippen LogP contribution in [0.25, 0.3) is 6.08 Å². The number of hydrogen-bond donors (Lipinski definition) is 1. The Labute approximate surface area is 156 Å². The number of aliphatic hydroxyl groups is 1. The van der Waals surface area contributed by atoms with Gasteiger partial charge in [-0.25, -0.2) is 0 Å². The fourth-order valence-corrected chi connectivity index (χ4v) is 2.37. The third kappa shape index (κ3) is 5.80. The molecule has 26 heavy (non-hydrogen) atoms. The van der Waals surface area contributed by atoms with Crippen molar-refractivity contribution < 1.29 is 14.6 Å². The molecule has 0 spiro atoms. The highest BCUT2D eigenvalue weighted by atomic mass is 16.5. The zero-order valence-corrected chi connectivity index (χ0v) is 15.8. The SMILES string of the molecule is CC(C)(C)C(=O)OC1C#CCCCCC#C/C1=C\c1ccccc1CO. The summed E-state index contributed by atoms with van der Waals surface area (Å²) < 4.78 is 5.70. The molecular weight excluding hydrogens is 324 g/mol. The summed E-state index contributed by atoms with van der Waals surface area (Å²) in [6, 6.07) is 7.56. The molecule has 1 aliphatic rings. The third-order valence-corrected chi connectivity index (χ3v) is 3.98. The minimum Gasteiger partial charge on any atom is -0.443 e. The van der Waals surface area contributed by atoms with Crippen molar-refractivity contribution in [3.63, 3.8) is 0 Å². The fourth-order valence-electron chi connectivity index (χ4n) is 2.37. The molecule has 0 amide bonds. The van der Waals surface area contributed by atoms with Gasteiger partial charge in [-0.3, -0.25) is 4.79 Å². The lowest BCUT2D eigenvalue weighted by Crippen LogP contribution is -2.28. The van der Waals surface area contributed by atoms with Gasteiger partial charge in [0.2, 0.25) is 0 Å². The first-order valence-corrected chi connectivity index (χ1v) is 9.00. The van der Waals surface area contributed by atoms with E-state index in [0.717, 1.165) is 36.8 Å². The Morgan fingerprint density at radius 1 is 1.23 bits per heavy atom. The van der Waals surface area contributed by atoms with Gasteiger partial charge in [-0.05, 0) is 50.8 Å². The van der Waals surface area contributed by atoms with E-state index in [9.17, 15) is 9.90 Å². The summed E-state index contributed by atoms with van der Waals surface area (Å²) in [5.74, 6) is 12.2. The van der Waals surface area contributed by atoms with E-state index < -0.39 is 11.5 Å². The Bertz CT molecular complexity index is 788. The van der Waals surface area contributed by atoms with Gasteiger partial charge in [0.05, 0.1) is 17.6 Å². The van der Waals surface area contributed by atoms with Crippen molar-refractivity contribution in [2.45, 2.75) is 59.2 Å². The van der Waals surface area contributed by atoms with Gasteiger partial charge in [0.1, 0.15) is 0 Å². The lowest BCUT2D eigenvalue weighted by atomic mass is 9.96. The molecule has 1 aromatic carbocycles. The Kier molecular flexibility index (Phi) is 7.07. The van der Waals surface area contributed by atoms with Crippen LogP contribution in [0.4, 0.5) is 0 Å². The average molecular weight is 350 g/mol. The van der Waals surface area contributed by atoms with Crippen LogP contribution in [0, 0.1) is 29.1 Å². The van der Waals surface area contributed by atoms with E-state index in [0.29, 0.717) is 5.57 Å². The first-order chi connectivity index (χ1) is 12.4. The van der Waals surface area contributed by atoms with E-state index in [2.05, 4.69) is 23.7 Å². The van der Waals surface area contributed by atoms with Crippen molar-refractivity contribution in [2.75, 3.05) is 0 Å². The molecule has 1 aliphatic carbocycles. The van der Waals surface area contributed by atoms with Crippen LogP contribution in [-0.2, 0) is 16.1 Å². The number of rotatable bonds is 3. The highest BCUT2D eigenvalue weighted by molar-refractivity contribution is 5.77. The minimum absolute atomic E-state index is 0.0640. The van der Waals surface area contributed by atoms with Crippen molar-refractivity contribution in [3.05, 3.63) is 41.0 Å². The van der Waals surface area contributed by atoms with E-state index in [1.807, 2.05) is 51.1 Å². The molecule has 136 valence electrons. The molecule has 0 saturated heterocycles. The first-order valence-electron chi connectivity index (χ1n) is 9.00. The zero-order chi connectivity index (χ0) is 19.0. The quantitative estimate of drug-likeness (QED) is 0.659. The molecule has 2 rings (SSSR count). The molecule has 0 bridgehead atoms. The monoisotopic (exact) mass is 350 g/mol. The van der Waals surface area contributed by atoms with Crippen LogP contribution in [0.2, 0.25) is 0 Å². The van der Waals surface area contributed by atoms with Gasteiger partial charge in [0.15, 0.2) is 6.10 Å². The Balaban J connectivity index is 2.45. The zero-order valence-electron chi connectivity index (χ0n) is 15.8. The molecule has 1 atom stereocenters. The standard InChI is InChI=1S/C23H26O3/c1-23(2,3)22(25)26-21-15-9-7-5-4-6-8-13-19(21)16-18-12-10-11-14-20(18)17-24/h10-12,14,16,21,24H,4-7,17H2,1-3H3/b19-16+. The summed E-state index contributed by atoms with van der Waals surface area (Å²) in [6.45, 7) is 5.39. The number of aliphatic hydroxyl groups excluding tert-OH is 1. The Hall–Kier alpha value is -2.49. The maximum absolute atomic E-state index is 12.4. The van der Waals surface area contributed by atoms with Crippen molar-refractivity contribution in [1.29, 1.82) is 0 Å². The van der Waals surface area contributed by atoms with Gasteiger partial charge in [-0.1, -0.05) is 47.9 Å². The van der Waals surface area contributed by atoms with Gasteiger partial charge in [-0.2, -0.15) is 0 Å². The van der Waals surface area contributed by atoms with Crippen LogP contribution in [-0.4, -0.2) is 17.2 Å². The first kappa shape index (κ1) is 19.8. The molecule has 0 aliphatic heterocycles. The second-order valence-corrected chi connectivity index (χ2v) is 7.32. The highest BCUT2D eigenvalue weighted by Crippen LogP contribution is 2.21. The molecule has 0 fully saturated rings. The van der Waals surface area contributed by atoms with Crippen molar-refractivity contribution in [1.82, 2.24) is 0 Å². The molecular formula is C23H26O3. The third-order valence-electron chi connectivity index (χ3n) is 3.98. The normalized spacial score (nSPS) is 18.9. The van der Waals surface area contributed by atoms with Crippen LogP contribution in [0.3, 0.4) is 0 Å². The average Bonchev–Trinajstić information content (AvgIpc) is 2.61. The summed E-state index contributed by atoms with van der Waals surface area (Å²) in [5, 5.41) is 9.57. The summed E-state index contributed by atoms with van der Waals surface area (Å²) in [7, 11) is 0. The van der Waals surface area contributed by atoms with Crippen molar-refractivity contribution >= 4 is 12.0 Å². The molecule has 0 saturated carbocycles. The Morgan fingerprint density at radius 2 is 1.92 bits per heavy atom. The number of ether oxygens (including phenoxy) is 1. The summed E-state index contributed by atoms with van der Waals surface area (Å²) >= 11 is 0. The van der Waals surface area contributed by atoms with Crippen LogP contribution >= 0.6 is 0 Å². The fraction of sp³-hybridized carbons (Fsp3) is 0.435. The van der Waals surface area contributed by atoms with E-state index in [-0.39, 0.29) is 12.6 Å². The van der Waals surface area contributed by atoms with Crippen LogP contribution in [0.15, 0.2) is 29.8 Å². The van der Waals surface area contributed by atoms with E-state index in [1.165, 1.54) is 0 Å². The lowest BCUT2D eigenvalue weighted by molar-refractivity contribution is -0.154. The summed E-state index contributed by atoms with van der Waals surface area (Å²) in [5.41, 5.74) is 1.69. The van der Waals surface area contributed by atoms with Crippen LogP contribution in [0.1, 0.15) is 57.6 Å². The number of benzene rings is 1. The number of carbonyl (C=O) groups is 1. The minimum atomic E-state index is -0.695. The maximum atomic E-state index is 12.4. The molecule has 0 aromatic heterocycles. The molecule has 3 nitrogen and oxygen atoms in total. The highest BCUT2D eigenvalue weighted by Gasteiger charge is 2.27. The predicted octanol–water partition coefficient (Wildman–Crippen LogP) is 4.10. The molecule has 3 heteroatoms. The summed E-state index contributed by atoms with van der Waals surface area (Å²) in [4.78, 5) is 12.4. The van der Waals surface area contributed by atoms with Crippen molar-refractivity contribution in [2.24, 2.45) is 5.41 Å². The number of esters is 1. The van der Waals surface area contributed by atoms with Gasteiger partial charge in [0.25, 0.3) is 0 Å². The number of hydrogen-bond acceptors (Lipinski definition) is 3. The largest absolute Gasteiger partial charge is 0.443 e. The lowest BCUT2D eigenvalue weighted by Gasteiger charge is -2.21. The molecule has 1 N–H and O–H groups in total. The molecule has 0 radical (unpaired) electrons. The second-order valence-electron chi connectivity index (χ2n) is 7.32. The molecule has 1 aromatic rings. The van der Waals surface area contributed by atoms with Gasteiger partial charge < -0.3 is 9.84 Å². The van der Waals surface area contributed by atoms with Crippen LogP contribution < -0.4 is 0 Å². The second kappa shape index (κ2) is 9.27. The van der Waals surface area contributed by atoms with E-state index >= 15 is 0 Å². The Morgan fingerprint density at radius 3 is 2.62 bits per heavy atom. The topological polar surface area (TPSA) is 46.5 Å². The van der Waals surface area contributed by atoms with Gasteiger partial charge in [-0.15, -0.1) is 0 Å². The van der Waals surface area contributed by atoms with Gasteiger partial charge in [0, 0.05) is 12.8 Å². The molecule has 1 unspecified atom stereocenters. The summed E-state index contributed by atoms with van der Waals surface area (Å²) in [6.07, 6.45) is 4.74. The maximum Gasteiger partial charge on any atom is 0.312 e. The van der Waals surface area contributed by atoms with E-state index in [4.69, 9.17) is 4.74 Å². The van der Waals surface area contributed by atoms with Crippen LogP contribution in [0.5, 0.6) is 0 Å².